The number of hydrogen-bond acceptors (Lipinski definition) is 4. The van der Waals surface area contributed by atoms with Crippen LogP contribution in [0.5, 0.6) is 0 Å². The highest BCUT2D eigenvalue weighted by Crippen LogP contribution is 2.29. The maximum atomic E-state index is 12.1. The van der Waals surface area contributed by atoms with Crippen LogP contribution in [0.15, 0.2) is 24.3 Å². The number of halogens is 3. The molecule has 1 atom stereocenters. The lowest BCUT2D eigenvalue weighted by Gasteiger charge is -2.28. The summed E-state index contributed by atoms with van der Waals surface area (Å²) in [7, 11) is 0. The smallest absolute Gasteiger partial charge is 0.340 e. The molecule has 0 aromatic heterocycles. The molecule has 3 N–H and O–H groups in total. The standard InChI is InChI=1S/C18H24Cl3N3O3S/c1-3-5-6-11-14(25)23-16(18(19,20)21)24-17(28)22-13-10-8-7-9-12(13)15(26)27-4-2/h7-10,16H,3-6,11H2,1-2H3,(H,23,25)(H2,22,24,28). The number of unbranched alkanes of at least 4 members (excludes halogenated alkanes) is 2. The number of anilines is 1. The van der Waals surface area contributed by atoms with Crippen molar-refractivity contribution in [2.24, 2.45) is 0 Å². The molecule has 0 radical (unpaired) electrons. The molecule has 0 saturated heterocycles. The van der Waals surface area contributed by atoms with Crippen molar-refractivity contribution in [3.8, 4) is 0 Å². The molecule has 0 saturated carbocycles. The summed E-state index contributed by atoms with van der Waals surface area (Å²) >= 11 is 23.1. The highest BCUT2D eigenvalue weighted by Gasteiger charge is 2.34. The van der Waals surface area contributed by atoms with E-state index in [9.17, 15) is 9.59 Å². The summed E-state index contributed by atoms with van der Waals surface area (Å²) in [5.41, 5.74) is 0.735. The first kappa shape index (κ1) is 24.8. The Labute approximate surface area is 185 Å². The summed E-state index contributed by atoms with van der Waals surface area (Å²) < 4.78 is 3.18. The van der Waals surface area contributed by atoms with E-state index in [2.05, 4.69) is 16.0 Å². The number of thiocarbonyl (C=S) groups is 1. The first-order valence-electron chi connectivity index (χ1n) is 8.88. The second kappa shape index (κ2) is 12.3. The molecule has 0 aliphatic carbocycles. The van der Waals surface area contributed by atoms with Crippen LogP contribution in [0, 0.1) is 0 Å². The van der Waals surface area contributed by atoms with Crippen molar-refractivity contribution < 1.29 is 14.3 Å². The minimum absolute atomic E-state index is 0.0712. The maximum Gasteiger partial charge on any atom is 0.340 e. The van der Waals surface area contributed by atoms with Gasteiger partial charge in [0.2, 0.25) is 9.70 Å². The lowest BCUT2D eigenvalue weighted by molar-refractivity contribution is -0.122. The van der Waals surface area contributed by atoms with Crippen molar-refractivity contribution in [1.29, 1.82) is 0 Å². The van der Waals surface area contributed by atoms with Gasteiger partial charge in [0.1, 0.15) is 6.17 Å². The Balaban J connectivity index is 2.79. The van der Waals surface area contributed by atoms with E-state index >= 15 is 0 Å². The van der Waals surface area contributed by atoms with Gasteiger partial charge in [0.15, 0.2) is 5.11 Å². The van der Waals surface area contributed by atoms with Crippen molar-refractivity contribution in [3.63, 3.8) is 0 Å². The number of alkyl halides is 3. The third-order valence-corrected chi connectivity index (χ3v) is 4.46. The van der Waals surface area contributed by atoms with Gasteiger partial charge < -0.3 is 20.7 Å². The van der Waals surface area contributed by atoms with Crippen LogP contribution in [0.2, 0.25) is 0 Å². The van der Waals surface area contributed by atoms with Gasteiger partial charge in [-0.1, -0.05) is 66.7 Å². The van der Waals surface area contributed by atoms with Crippen molar-refractivity contribution in [2.45, 2.75) is 49.5 Å². The van der Waals surface area contributed by atoms with Gasteiger partial charge in [-0.25, -0.2) is 4.79 Å². The van der Waals surface area contributed by atoms with Crippen molar-refractivity contribution >= 4 is 69.7 Å². The van der Waals surface area contributed by atoms with E-state index in [0.29, 0.717) is 17.7 Å². The predicted molar refractivity (Wildman–Crippen MR) is 118 cm³/mol. The molecule has 0 spiro atoms. The first-order valence-corrected chi connectivity index (χ1v) is 10.4. The number of amides is 1. The molecule has 0 aliphatic rings. The van der Waals surface area contributed by atoms with Crippen molar-refractivity contribution in [3.05, 3.63) is 29.8 Å². The lowest BCUT2D eigenvalue weighted by atomic mass is 10.2. The van der Waals surface area contributed by atoms with E-state index in [4.69, 9.17) is 51.8 Å². The monoisotopic (exact) mass is 467 g/mol. The average Bonchev–Trinajstić information content (AvgIpc) is 2.61. The summed E-state index contributed by atoms with van der Waals surface area (Å²) in [6.07, 6.45) is 1.93. The molecule has 28 heavy (non-hydrogen) atoms. The Morgan fingerprint density at radius 1 is 1.14 bits per heavy atom. The van der Waals surface area contributed by atoms with E-state index in [1.165, 1.54) is 0 Å². The summed E-state index contributed by atoms with van der Waals surface area (Å²) in [5.74, 6) is -0.748. The van der Waals surface area contributed by atoms with Gasteiger partial charge in [0.25, 0.3) is 0 Å². The predicted octanol–water partition coefficient (Wildman–Crippen LogP) is 4.54. The zero-order chi connectivity index (χ0) is 21.2. The zero-order valence-electron chi connectivity index (χ0n) is 15.7. The van der Waals surface area contributed by atoms with Gasteiger partial charge in [0, 0.05) is 6.42 Å². The van der Waals surface area contributed by atoms with Crippen LogP contribution in [0.25, 0.3) is 0 Å². The van der Waals surface area contributed by atoms with Crippen molar-refractivity contribution in [1.82, 2.24) is 10.6 Å². The number of benzene rings is 1. The molecule has 1 aromatic carbocycles. The number of hydrogen-bond donors (Lipinski definition) is 3. The van der Waals surface area contributed by atoms with Gasteiger partial charge in [-0.05, 0) is 37.7 Å². The summed E-state index contributed by atoms with van der Waals surface area (Å²) in [5, 5.41) is 8.33. The molecule has 1 unspecified atom stereocenters. The number of nitrogens with one attached hydrogen (secondary N) is 3. The second-order valence-corrected chi connectivity index (χ2v) is 8.64. The van der Waals surface area contributed by atoms with E-state index in [-0.39, 0.29) is 17.6 Å². The van der Waals surface area contributed by atoms with Crippen LogP contribution in [0.4, 0.5) is 5.69 Å². The van der Waals surface area contributed by atoms with E-state index in [1.807, 2.05) is 6.92 Å². The number of rotatable bonds is 9. The highest BCUT2D eigenvalue weighted by molar-refractivity contribution is 7.80. The minimum Gasteiger partial charge on any atom is -0.462 e. The number of carbonyl (C=O) groups excluding carboxylic acids is 2. The minimum atomic E-state index is -1.84. The SMILES string of the molecule is CCCCCC(=O)NC(NC(=S)Nc1ccccc1C(=O)OCC)C(Cl)(Cl)Cl. The fourth-order valence-corrected chi connectivity index (χ4v) is 2.79. The third kappa shape index (κ3) is 8.82. The van der Waals surface area contributed by atoms with E-state index < -0.39 is 15.9 Å². The Morgan fingerprint density at radius 3 is 2.43 bits per heavy atom. The molecule has 1 rings (SSSR count). The maximum absolute atomic E-state index is 12.1. The fraction of sp³-hybridized carbons (Fsp3) is 0.500. The van der Waals surface area contributed by atoms with Gasteiger partial charge in [0.05, 0.1) is 17.9 Å². The molecule has 0 aliphatic heterocycles. The van der Waals surface area contributed by atoms with Crippen LogP contribution in [-0.2, 0) is 9.53 Å². The van der Waals surface area contributed by atoms with Gasteiger partial charge >= 0.3 is 5.97 Å². The Hall–Kier alpha value is -1.28. The molecule has 1 amide bonds. The van der Waals surface area contributed by atoms with Crippen LogP contribution in [0.1, 0.15) is 49.9 Å². The van der Waals surface area contributed by atoms with Crippen LogP contribution >= 0.6 is 47.0 Å². The average molecular weight is 469 g/mol. The summed E-state index contributed by atoms with van der Waals surface area (Å²) in [6.45, 7) is 4.01. The van der Waals surface area contributed by atoms with Crippen LogP contribution < -0.4 is 16.0 Å². The second-order valence-electron chi connectivity index (χ2n) is 5.86. The molecular weight excluding hydrogens is 445 g/mol. The molecule has 6 nitrogen and oxygen atoms in total. The molecule has 0 fully saturated rings. The highest BCUT2D eigenvalue weighted by atomic mass is 35.6. The zero-order valence-corrected chi connectivity index (χ0v) is 18.8. The number of esters is 1. The lowest BCUT2D eigenvalue weighted by Crippen LogP contribution is -2.56. The molecule has 10 heteroatoms. The van der Waals surface area contributed by atoms with Gasteiger partial charge in [-0.2, -0.15) is 0 Å². The topological polar surface area (TPSA) is 79.5 Å². The summed E-state index contributed by atoms with van der Waals surface area (Å²) in [6, 6.07) is 6.70. The van der Waals surface area contributed by atoms with Crippen LogP contribution in [0.3, 0.4) is 0 Å². The normalized spacial score (nSPS) is 12.0. The van der Waals surface area contributed by atoms with Gasteiger partial charge in [-0.3, -0.25) is 4.79 Å². The number of ether oxygens (including phenoxy) is 1. The molecule has 156 valence electrons. The Kier molecular flexibility index (Phi) is 10.9. The summed E-state index contributed by atoms with van der Waals surface area (Å²) in [4.78, 5) is 24.1. The van der Waals surface area contributed by atoms with Crippen molar-refractivity contribution in [2.75, 3.05) is 11.9 Å². The number of para-hydroxylation sites is 1. The Bertz CT molecular complexity index is 684. The molecule has 0 heterocycles. The molecule has 0 bridgehead atoms. The quantitative estimate of drug-likeness (QED) is 0.162. The molecular formula is C18H24Cl3N3O3S. The van der Waals surface area contributed by atoms with E-state index in [1.54, 1.807) is 31.2 Å². The van der Waals surface area contributed by atoms with E-state index in [0.717, 1.165) is 19.3 Å². The first-order chi connectivity index (χ1) is 13.2. The van der Waals surface area contributed by atoms with Crippen LogP contribution in [-0.4, -0.2) is 33.6 Å². The third-order valence-electron chi connectivity index (χ3n) is 3.59. The Morgan fingerprint density at radius 2 is 1.82 bits per heavy atom. The fourth-order valence-electron chi connectivity index (χ4n) is 2.24. The van der Waals surface area contributed by atoms with Gasteiger partial charge in [-0.15, -0.1) is 0 Å². The largest absolute Gasteiger partial charge is 0.462 e. The number of carbonyl (C=O) groups is 2. The molecule has 1 aromatic rings.